The van der Waals surface area contributed by atoms with Gasteiger partial charge in [-0.2, -0.15) is 0 Å². The Kier molecular flexibility index (Phi) is 3.02. The van der Waals surface area contributed by atoms with E-state index >= 15 is 0 Å². The summed E-state index contributed by atoms with van der Waals surface area (Å²) in [6, 6.07) is 0. The molecular formula is C10H12ClN5O3. The Labute approximate surface area is 112 Å². The van der Waals surface area contributed by atoms with Gasteiger partial charge in [0.05, 0.1) is 12.7 Å². The number of nitrogens with zero attached hydrogens (tertiary/aromatic N) is 4. The maximum Gasteiger partial charge on any atom is 0.207 e. The summed E-state index contributed by atoms with van der Waals surface area (Å²) in [6.07, 6.45) is -0.346. The number of aromatic nitrogens is 4. The quantitative estimate of drug-likeness (QED) is 0.648. The highest BCUT2D eigenvalue weighted by atomic mass is 35.5. The zero-order valence-corrected chi connectivity index (χ0v) is 10.5. The highest BCUT2D eigenvalue weighted by Gasteiger charge is 2.36. The molecule has 102 valence electrons. The number of aliphatic hydroxyl groups is 2. The van der Waals surface area contributed by atoms with Crippen molar-refractivity contribution in [2.75, 3.05) is 12.3 Å². The van der Waals surface area contributed by atoms with Crippen LogP contribution in [0.1, 0.15) is 12.6 Å². The molecule has 9 heteroatoms. The molecule has 1 aliphatic heterocycles. The van der Waals surface area contributed by atoms with E-state index in [4.69, 9.17) is 27.2 Å². The van der Waals surface area contributed by atoms with Crippen molar-refractivity contribution in [3.8, 4) is 0 Å². The molecule has 0 spiro atoms. The van der Waals surface area contributed by atoms with Crippen molar-refractivity contribution in [1.82, 2.24) is 19.5 Å². The van der Waals surface area contributed by atoms with Gasteiger partial charge in [0.15, 0.2) is 17.0 Å². The first-order chi connectivity index (χ1) is 9.11. The molecule has 1 aliphatic rings. The summed E-state index contributed by atoms with van der Waals surface area (Å²) in [6.45, 7) is -0.265. The van der Waals surface area contributed by atoms with Crippen LogP contribution in [0.3, 0.4) is 0 Å². The van der Waals surface area contributed by atoms with E-state index in [9.17, 15) is 5.11 Å². The van der Waals surface area contributed by atoms with Crippen LogP contribution in [0.15, 0.2) is 6.33 Å². The van der Waals surface area contributed by atoms with Gasteiger partial charge < -0.3 is 20.7 Å². The van der Waals surface area contributed by atoms with Gasteiger partial charge in [-0.05, 0) is 11.6 Å². The number of imidazole rings is 1. The zero-order chi connectivity index (χ0) is 13.6. The largest absolute Gasteiger partial charge is 0.394 e. The van der Waals surface area contributed by atoms with Crippen LogP contribution in [0.2, 0.25) is 5.28 Å². The molecule has 2 aromatic rings. The van der Waals surface area contributed by atoms with E-state index in [0.29, 0.717) is 17.6 Å². The van der Waals surface area contributed by atoms with Gasteiger partial charge in [-0.1, -0.05) is 0 Å². The monoisotopic (exact) mass is 285 g/mol. The first-order valence-electron chi connectivity index (χ1n) is 5.70. The number of halogens is 1. The number of fused-ring (bicyclic) bond motifs is 1. The molecule has 4 N–H and O–H groups in total. The molecule has 8 nitrogen and oxygen atoms in total. The normalized spacial score (nSPS) is 27.2. The van der Waals surface area contributed by atoms with Crippen molar-refractivity contribution in [3.05, 3.63) is 11.6 Å². The predicted molar refractivity (Wildman–Crippen MR) is 66.4 cm³/mol. The lowest BCUT2D eigenvalue weighted by atomic mass is 10.2. The van der Waals surface area contributed by atoms with E-state index in [1.165, 1.54) is 10.9 Å². The summed E-state index contributed by atoms with van der Waals surface area (Å²) >= 11 is 6.06. The number of aliphatic hydroxyl groups excluding tert-OH is 2. The molecule has 0 aromatic carbocycles. The Morgan fingerprint density at radius 1 is 1.53 bits per heavy atom. The molecule has 1 unspecified atom stereocenters. The van der Waals surface area contributed by atoms with Crippen molar-refractivity contribution >= 4 is 28.6 Å². The molecule has 0 saturated carbocycles. The molecule has 0 bridgehead atoms. The number of hydrogen-bond acceptors (Lipinski definition) is 7. The molecule has 3 heterocycles. The van der Waals surface area contributed by atoms with E-state index in [1.807, 2.05) is 0 Å². The maximum absolute atomic E-state index is 9.76. The fourth-order valence-electron chi connectivity index (χ4n) is 2.19. The average Bonchev–Trinajstić information content (AvgIpc) is 2.90. The second-order valence-electron chi connectivity index (χ2n) is 4.30. The van der Waals surface area contributed by atoms with Crippen LogP contribution >= 0.6 is 11.6 Å². The van der Waals surface area contributed by atoms with Crippen molar-refractivity contribution in [2.45, 2.75) is 24.9 Å². The Hall–Kier alpha value is -1.48. The molecule has 3 rings (SSSR count). The van der Waals surface area contributed by atoms with Gasteiger partial charge >= 0.3 is 0 Å². The Morgan fingerprint density at radius 3 is 3.00 bits per heavy atom. The van der Waals surface area contributed by atoms with Crippen LogP contribution in [0.25, 0.3) is 11.2 Å². The molecule has 0 amide bonds. The van der Waals surface area contributed by atoms with Crippen molar-refractivity contribution in [3.63, 3.8) is 0 Å². The third-order valence-corrected chi connectivity index (χ3v) is 3.40. The van der Waals surface area contributed by atoms with Gasteiger partial charge in [-0.3, -0.25) is 4.57 Å². The molecule has 2 aromatic heterocycles. The minimum atomic E-state index is -0.761. The number of nitrogen functional groups attached to an aromatic ring is 1. The Bertz CT molecular complexity index is 618. The zero-order valence-electron chi connectivity index (χ0n) is 9.77. The molecule has 1 saturated heterocycles. The van der Waals surface area contributed by atoms with Crippen LogP contribution in [-0.4, -0.2) is 48.5 Å². The van der Waals surface area contributed by atoms with Gasteiger partial charge in [0.1, 0.15) is 18.7 Å². The fourth-order valence-corrected chi connectivity index (χ4v) is 2.47. The minimum Gasteiger partial charge on any atom is -0.394 e. The summed E-state index contributed by atoms with van der Waals surface area (Å²) in [7, 11) is 0. The first kappa shape index (κ1) is 12.5. The number of ether oxygens (including phenoxy) is 1. The second-order valence-corrected chi connectivity index (χ2v) is 4.63. The first-order valence-corrected chi connectivity index (χ1v) is 6.08. The Morgan fingerprint density at radius 2 is 2.32 bits per heavy atom. The van der Waals surface area contributed by atoms with E-state index < -0.39 is 18.4 Å². The molecule has 1 fully saturated rings. The van der Waals surface area contributed by atoms with Gasteiger partial charge in [0, 0.05) is 6.42 Å². The lowest BCUT2D eigenvalue weighted by molar-refractivity contribution is -0.0431. The van der Waals surface area contributed by atoms with Crippen molar-refractivity contribution in [1.29, 1.82) is 0 Å². The lowest BCUT2D eigenvalue weighted by Crippen LogP contribution is -2.24. The summed E-state index contributed by atoms with van der Waals surface area (Å²) in [5.41, 5.74) is 6.53. The van der Waals surface area contributed by atoms with Gasteiger partial charge in [0.2, 0.25) is 5.28 Å². The number of anilines is 1. The second kappa shape index (κ2) is 4.57. The van der Waals surface area contributed by atoms with Crippen molar-refractivity contribution in [2.24, 2.45) is 0 Å². The van der Waals surface area contributed by atoms with Crippen LogP contribution in [0.5, 0.6) is 0 Å². The summed E-state index contributed by atoms with van der Waals surface area (Å²) in [4.78, 5) is 12.0. The SMILES string of the molecule is Nc1ncnc2c1nc(Cl)n2[C@H]1CC(O)[C@@H](CO)O1. The van der Waals surface area contributed by atoms with Crippen LogP contribution in [0.4, 0.5) is 5.82 Å². The molecule has 0 aliphatic carbocycles. The third kappa shape index (κ3) is 1.93. The fraction of sp³-hybridized carbons (Fsp3) is 0.500. The number of hydrogen-bond donors (Lipinski definition) is 3. The predicted octanol–water partition coefficient (Wildman–Crippen LogP) is -0.297. The highest BCUT2D eigenvalue weighted by Crippen LogP contribution is 2.34. The minimum absolute atomic E-state index is 0.151. The molecular weight excluding hydrogens is 274 g/mol. The highest BCUT2D eigenvalue weighted by molar-refractivity contribution is 6.29. The van der Waals surface area contributed by atoms with E-state index in [0.717, 1.165) is 0 Å². The van der Waals surface area contributed by atoms with Crippen LogP contribution in [-0.2, 0) is 4.74 Å². The lowest BCUT2D eigenvalue weighted by Gasteiger charge is -2.14. The standard InChI is InChI=1S/C10H12ClN5O3/c11-10-15-7-8(12)13-3-14-9(7)16(10)6-1-4(18)5(2-17)19-6/h3-6,17-18H,1-2H2,(H2,12,13,14)/t4?,5-,6-/m1/s1. The van der Waals surface area contributed by atoms with Crippen LogP contribution in [0, 0.1) is 0 Å². The average molecular weight is 286 g/mol. The summed E-state index contributed by atoms with van der Waals surface area (Å²) in [5.74, 6) is 0.225. The smallest absolute Gasteiger partial charge is 0.207 e. The van der Waals surface area contributed by atoms with E-state index in [2.05, 4.69) is 15.0 Å². The summed E-state index contributed by atoms with van der Waals surface area (Å²) < 4.78 is 7.07. The number of nitrogens with two attached hydrogens (primary N) is 1. The van der Waals surface area contributed by atoms with Crippen LogP contribution < -0.4 is 5.73 Å². The topological polar surface area (TPSA) is 119 Å². The van der Waals surface area contributed by atoms with Gasteiger partial charge in [-0.15, -0.1) is 0 Å². The van der Waals surface area contributed by atoms with E-state index in [-0.39, 0.29) is 17.7 Å². The Balaban J connectivity index is 2.06. The molecule has 19 heavy (non-hydrogen) atoms. The van der Waals surface area contributed by atoms with Gasteiger partial charge in [0.25, 0.3) is 0 Å². The van der Waals surface area contributed by atoms with Gasteiger partial charge in [-0.25, -0.2) is 15.0 Å². The maximum atomic E-state index is 9.76. The van der Waals surface area contributed by atoms with E-state index in [1.54, 1.807) is 0 Å². The number of rotatable bonds is 2. The molecule has 3 atom stereocenters. The van der Waals surface area contributed by atoms with Crippen molar-refractivity contribution < 1.29 is 14.9 Å². The summed E-state index contributed by atoms with van der Waals surface area (Å²) in [5, 5.41) is 19.0. The molecule has 0 radical (unpaired) electrons. The third-order valence-electron chi connectivity index (χ3n) is 3.13.